The third-order valence-electron chi connectivity index (χ3n) is 3.47. The fraction of sp³-hybridized carbons (Fsp3) is 0.467. The van der Waals surface area contributed by atoms with Gasteiger partial charge in [0.1, 0.15) is 0 Å². The van der Waals surface area contributed by atoms with Gasteiger partial charge in [0, 0.05) is 51.8 Å². The Labute approximate surface area is 119 Å². The van der Waals surface area contributed by atoms with Crippen LogP contribution in [0.4, 0.5) is 5.69 Å². The minimum absolute atomic E-state index is 0.0187. The van der Waals surface area contributed by atoms with Gasteiger partial charge >= 0.3 is 0 Å². The van der Waals surface area contributed by atoms with Crippen molar-refractivity contribution in [2.45, 2.75) is 13.3 Å². The third-order valence-corrected chi connectivity index (χ3v) is 3.47. The van der Waals surface area contributed by atoms with E-state index in [0.717, 1.165) is 38.4 Å². The summed E-state index contributed by atoms with van der Waals surface area (Å²) in [7, 11) is 0. The Bertz CT molecular complexity index is 453. The number of hydrogen-bond donors (Lipinski definition) is 1. The minimum Gasteiger partial charge on any atom is -0.340 e. The van der Waals surface area contributed by atoms with Crippen LogP contribution in [0.15, 0.2) is 24.3 Å². The zero-order valence-corrected chi connectivity index (χ0v) is 11.8. The van der Waals surface area contributed by atoms with E-state index >= 15 is 0 Å². The summed E-state index contributed by atoms with van der Waals surface area (Å²) in [5, 5.41) is 2.86. The summed E-state index contributed by atoms with van der Waals surface area (Å²) in [6, 6.07) is 10.1. The molecule has 0 unspecified atom stereocenters. The Kier molecular flexibility index (Phi) is 5.12. The largest absolute Gasteiger partial charge is 0.340 e. The molecule has 5 nitrogen and oxygen atoms in total. The molecule has 0 aliphatic carbocycles. The lowest BCUT2D eigenvalue weighted by Crippen LogP contribution is -2.48. The average Bonchev–Trinajstić information content (AvgIpc) is 2.46. The van der Waals surface area contributed by atoms with Gasteiger partial charge in [-0.25, -0.2) is 0 Å². The molecular formula is C15H20N3O2. The molecule has 0 saturated carbocycles. The van der Waals surface area contributed by atoms with Crippen LogP contribution in [0.2, 0.25) is 0 Å². The second-order valence-corrected chi connectivity index (χ2v) is 4.93. The number of amides is 2. The summed E-state index contributed by atoms with van der Waals surface area (Å²) in [4.78, 5) is 27.1. The van der Waals surface area contributed by atoms with Gasteiger partial charge < -0.3 is 10.2 Å². The van der Waals surface area contributed by atoms with Crippen LogP contribution >= 0.6 is 0 Å². The Morgan fingerprint density at radius 1 is 1.20 bits per heavy atom. The lowest BCUT2D eigenvalue weighted by Gasteiger charge is -2.34. The van der Waals surface area contributed by atoms with E-state index in [0.29, 0.717) is 6.42 Å². The van der Waals surface area contributed by atoms with Gasteiger partial charge in [-0.1, -0.05) is 12.1 Å². The standard InChI is InChI=1S/C15H20N3O2/c1-13(19)18-11-9-17(10-12-18)8-7-15(20)16-14-5-3-2-4-6-14/h3-6H,7-12H2,1H3,(H,16,20). The van der Waals surface area contributed by atoms with Crippen LogP contribution in [-0.4, -0.2) is 54.3 Å². The molecule has 1 fully saturated rings. The second kappa shape index (κ2) is 7.05. The number of carbonyl (C=O) groups is 2. The molecule has 1 heterocycles. The highest BCUT2D eigenvalue weighted by Gasteiger charge is 2.18. The SMILES string of the molecule is CC(=O)N1CCN(CCC(=O)Nc2cc[c]cc2)CC1. The van der Waals surface area contributed by atoms with E-state index < -0.39 is 0 Å². The van der Waals surface area contributed by atoms with Gasteiger partial charge in [-0.2, -0.15) is 0 Å². The fourth-order valence-corrected chi connectivity index (χ4v) is 2.24. The predicted octanol–water partition coefficient (Wildman–Crippen LogP) is 0.979. The maximum atomic E-state index is 11.8. The van der Waals surface area contributed by atoms with Crippen molar-refractivity contribution in [1.29, 1.82) is 0 Å². The molecule has 1 radical (unpaired) electrons. The number of nitrogens with zero attached hydrogens (tertiary/aromatic N) is 2. The van der Waals surface area contributed by atoms with Crippen LogP contribution in [0.25, 0.3) is 0 Å². The number of nitrogens with one attached hydrogen (secondary N) is 1. The van der Waals surface area contributed by atoms with E-state index in [2.05, 4.69) is 16.3 Å². The molecule has 1 aliphatic rings. The molecule has 2 amide bonds. The van der Waals surface area contributed by atoms with E-state index in [1.165, 1.54) is 0 Å². The lowest BCUT2D eigenvalue weighted by atomic mass is 10.2. The number of rotatable bonds is 4. The van der Waals surface area contributed by atoms with Crippen LogP contribution < -0.4 is 5.32 Å². The van der Waals surface area contributed by atoms with Crippen molar-refractivity contribution in [3.05, 3.63) is 30.3 Å². The molecule has 1 saturated heterocycles. The van der Waals surface area contributed by atoms with Crippen LogP contribution in [0.5, 0.6) is 0 Å². The first-order valence-corrected chi connectivity index (χ1v) is 6.89. The first-order valence-electron chi connectivity index (χ1n) is 6.89. The Balaban J connectivity index is 1.68. The van der Waals surface area contributed by atoms with E-state index in [4.69, 9.17) is 0 Å². The first kappa shape index (κ1) is 14.5. The van der Waals surface area contributed by atoms with Crippen LogP contribution in [0.1, 0.15) is 13.3 Å². The summed E-state index contributed by atoms with van der Waals surface area (Å²) in [5.74, 6) is 0.147. The zero-order chi connectivity index (χ0) is 14.4. The van der Waals surface area contributed by atoms with Gasteiger partial charge in [0.05, 0.1) is 0 Å². The smallest absolute Gasteiger partial charge is 0.225 e. The monoisotopic (exact) mass is 274 g/mol. The average molecular weight is 274 g/mol. The molecule has 1 aromatic rings. The van der Waals surface area contributed by atoms with Crippen LogP contribution in [-0.2, 0) is 9.59 Å². The molecular weight excluding hydrogens is 254 g/mol. The van der Waals surface area contributed by atoms with E-state index in [9.17, 15) is 9.59 Å². The molecule has 0 atom stereocenters. The second-order valence-electron chi connectivity index (χ2n) is 4.93. The maximum Gasteiger partial charge on any atom is 0.225 e. The van der Waals surface area contributed by atoms with Gasteiger partial charge in [-0.05, 0) is 18.2 Å². The molecule has 20 heavy (non-hydrogen) atoms. The summed E-state index contributed by atoms with van der Waals surface area (Å²) in [6.45, 7) is 5.52. The molecule has 0 aromatic heterocycles. The number of hydrogen-bond acceptors (Lipinski definition) is 3. The van der Waals surface area contributed by atoms with Gasteiger partial charge in [0.25, 0.3) is 0 Å². The summed E-state index contributed by atoms with van der Waals surface area (Å²) in [5.41, 5.74) is 0.801. The van der Waals surface area contributed by atoms with Gasteiger partial charge in [0.2, 0.25) is 11.8 Å². The Hall–Kier alpha value is -1.88. The van der Waals surface area contributed by atoms with Gasteiger partial charge in [0.15, 0.2) is 0 Å². The molecule has 0 bridgehead atoms. The number of benzene rings is 1. The lowest BCUT2D eigenvalue weighted by molar-refractivity contribution is -0.130. The van der Waals surface area contributed by atoms with Gasteiger partial charge in [-0.15, -0.1) is 0 Å². The molecule has 1 aromatic carbocycles. The first-order chi connectivity index (χ1) is 9.65. The minimum atomic E-state index is 0.0187. The Morgan fingerprint density at radius 3 is 2.45 bits per heavy atom. The highest BCUT2D eigenvalue weighted by molar-refractivity contribution is 5.90. The van der Waals surface area contributed by atoms with E-state index in [1.807, 2.05) is 17.0 Å². The summed E-state index contributed by atoms with van der Waals surface area (Å²) in [6.07, 6.45) is 0.471. The highest BCUT2D eigenvalue weighted by Crippen LogP contribution is 2.06. The topological polar surface area (TPSA) is 52.7 Å². The highest BCUT2D eigenvalue weighted by atomic mass is 16.2. The number of carbonyl (C=O) groups excluding carboxylic acids is 2. The van der Waals surface area contributed by atoms with E-state index in [-0.39, 0.29) is 11.8 Å². The number of anilines is 1. The van der Waals surface area contributed by atoms with Crippen molar-refractivity contribution >= 4 is 17.5 Å². The van der Waals surface area contributed by atoms with Crippen molar-refractivity contribution < 1.29 is 9.59 Å². The molecule has 107 valence electrons. The molecule has 2 rings (SSSR count). The third kappa shape index (κ3) is 4.35. The number of piperazine rings is 1. The van der Waals surface area contributed by atoms with Crippen LogP contribution in [0, 0.1) is 6.07 Å². The molecule has 1 aliphatic heterocycles. The van der Waals surface area contributed by atoms with Crippen molar-refractivity contribution in [2.24, 2.45) is 0 Å². The normalized spacial score (nSPS) is 15.9. The predicted molar refractivity (Wildman–Crippen MR) is 77.2 cm³/mol. The Morgan fingerprint density at radius 2 is 1.85 bits per heavy atom. The maximum absolute atomic E-state index is 11.8. The van der Waals surface area contributed by atoms with Crippen molar-refractivity contribution in [1.82, 2.24) is 9.80 Å². The fourth-order valence-electron chi connectivity index (χ4n) is 2.24. The van der Waals surface area contributed by atoms with Crippen LogP contribution in [0.3, 0.4) is 0 Å². The summed E-state index contributed by atoms with van der Waals surface area (Å²) >= 11 is 0. The van der Waals surface area contributed by atoms with E-state index in [1.54, 1.807) is 19.1 Å². The quantitative estimate of drug-likeness (QED) is 0.890. The summed E-state index contributed by atoms with van der Waals surface area (Å²) < 4.78 is 0. The van der Waals surface area contributed by atoms with Crippen molar-refractivity contribution in [3.8, 4) is 0 Å². The molecule has 1 N–H and O–H groups in total. The van der Waals surface area contributed by atoms with Crippen molar-refractivity contribution in [3.63, 3.8) is 0 Å². The van der Waals surface area contributed by atoms with Gasteiger partial charge in [-0.3, -0.25) is 14.5 Å². The zero-order valence-electron chi connectivity index (χ0n) is 11.8. The molecule has 0 spiro atoms. The molecule has 5 heteroatoms. The van der Waals surface area contributed by atoms with Crippen molar-refractivity contribution in [2.75, 3.05) is 38.0 Å².